The number of rotatable bonds is 6. The number of benzene rings is 2. The van der Waals surface area contributed by atoms with Crippen molar-refractivity contribution in [2.75, 3.05) is 13.1 Å². The Hall–Kier alpha value is -3.14. The van der Waals surface area contributed by atoms with Crippen molar-refractivity contribution < 1.29 is 4.79 Å². The van der Waals surface area contributed by atoms with Crippen molar-refractivity contribution in [3.63, 3.8) is 0 Å². The standard InChI is InChI=1S/C23H25N3O/c1-4-25(5-2)22(27)16-15-20-17-26(21-9-7-6-8-10-21)24-23(20)19-13-11-18(3)12-14-19/h6-17H,4-5H2,1-3H3/b16-15+. The normalized spacial score (nSPS) is 11.1. The minimum atomic E-state index is 0.0160. The van der Waals surface area contributed by atoms with Crippen LogP contribution in [0.5, 0.6) is 0 Å². The zero-order chi connectivity index (χ0) is 19.2. The number of carbonyl (C=O) groups excluding carboxylic acids is 1. The molecule has 1 amide bonds. The average molecular weight is 359 g/mol. The number of aryl methyl sites for hydroxylation is 1. The Morgan fingerprint density at radius 3 is 2.33 bits per heavy atom. The predicted octanol–water partition coefficient (Wildman–Crippen LogP) is 4.73. The maximum Gasteiger partial charge on any atom is 0.246 e. The molecule has 1 heterocycles. The predicted molar refractivity (Wildman–Crippen MR) is 111 cm³/mol. The summed E-state index contributed by atoms with van der Waals surface area (Å²) in [5.74, 6) is 0.0160. The number of hydrogen-bond acceptors (Lipinski definition) is 2. The highest BCUT2D eigenvalue weighted by Gasteiger charge is 2.12. The first kappa shape index (κ1) is 18.6. The van der Waals surface area contributed by atoms with Gasteiger partial charge in [0.15, 0.2) is 0 Å². The molecule has 0 atom stereocenters. The van der Waals surface area contributed by atoms with E-state index in [-0.39, 0.29) is 5.91 Å². The highest BCUT2D eigenvalue weighted by molar-refractivity contribution is 5.92. The van der Waals surface area contributed by atoms with E-state index in [1.807, 2.05) is 61.1 Å². The van der Waals surface area contributed by atoms with Crippen molar-refractivity contribution in [2.24, 2.45) is 0 Å². The summed E-state index contributed by atoms with van der Waals surface area (Å²) in [7, 11) is 0. The maximum atomic E-state index is 12.4. The zero-order valence-electron chi connectivity index (χ0n) is 16.1. The van der Waals surface area contributed by atoms with E-state index in [1.54, 1.807) is 11.0 Å². The van der Waals surface area contributed by atoms with Gasteiger partial charge in [0.2, 0.25) is 5.91 Å². The van der Waals surface area contributed by atoms with Crippen LogP contribution in [0.25, 0.3) is 23.0 Å². The number of aromatic nitrogens is 2. The molecule has 2 aromatic carbocycles. The second-order valence-corrected chi connectivity index (χ2v) is 6.42. The van der Waals surface area contributed by atoms with Gasteiger partial charge in [0.05, 0.1) is 11.4 Å². The number of carbonyl (C=O) groups is 1. The summed E-state index contributed by atoms with van der Waals surface area (Å²) in [5, 5.41) is 4.78. The molecule has 0 saturated carbocycles. The molecule has 0 fully saturated rings. The van der Waals surface area contributed by atoms with Gasteiger partial charge in [-0.25, -0.2) is 4.68 Å². The molecular formula is C23H25N3O. The molecule has 4 heteroatoms. The lowest BCUT2D eigenvalue weighted by molar-refractivity contribution is -0.125. The van der Waals surface area contributed by atoms with Gasteiger partial charge < -0.3 is 4.90 Å². The van der Waals surface area contributed by atoms with Gasteiger partial charge in [-0.1, -0.05) is 48.0 Å². The first-order chi connectivity index (χ1) is 13.1. The molecule has 1 aromatic heterocycles. The Morgan fingerprint density at radius 1 is 1.04 bits per heavy atom. The third-order valence-corrected chi connectivity index (χ3v) is 4.57. The van der Waals surface area contributed by atoms with Crippen LogP contribution < -0.4 is 0 Å². The molecule has 0 unspecified atom stereocenters. The first-order valence-electron chi connectivity index (χ1n) is 9.31. The zero-order valence-corrected chi connectivity index (χ0v) is 16.1. The quantitative estimate of drug-likeness (QED) is 0.597. The Bertz CT molecular complexity index is 920. The molecule has 138 valence electrons. The fraction of sp³-hybridized carbons (Fsp3) is 0.217. The fourth-order valence-corrected chi connectivity index (χ4v) is 2.96. The van der Waals surface area contributed by atoms with E-state index in [0.717, 1.165) is 22.5 Å². The van der Waals surface area contributed by atoms with Crippen molar-refractivity contribution >= 4 is 12.0 Å². The van der Waals surface area contributed by atoms with Crippen LogP contribution in [0.3, 0.4) is 0 Å². The summed E-state index contributed by atoms with van der Waals surface area (Å²) in [6.45, 7) is 7.44. The SMILES string of the molecule is CCN(CC)C(=O)/C=C/c1cn(-c2ccccc2)nc1-c1ccc(C)cc1. The van der Waals surface area contributed by atoms with E-state index in [1.165, 1.54) is 5.56 Å². The third kappa shape index (κ3) is 4.34. The summed E-state index contributed by atoms with van der Waals surface area (Å²) >= 11 is 0. The van der Waals surface area contributed by atoms with Gasteiger partial charge in [-0.3, -0.25) is 4.79 Å². The summed E-state index contributed by atoms with van der Waals surface area (Å²) in [6, 6.07) is 18.3. The van der Waals surface area contributed by atoms with E-state index in [9.17, 15) is 4.79 Å². The molecule has 3 aromatic rings. The smallest absolute Gasteiger partial charge is 0.246 e. The van der Waals surface area contributed by atoms with Crippen LogP contribution in [0.4, 0.5) is 0 Å². The molecule has 0 saturated heterocycles. The largest absolute Gasteiger partial charge is 0.340 e. The Balaban J connectivity index is 2.01. The Labute approximate surface area is 160 Å². The summed E-state index contributed by atoms with van der Waals surface area (Å²) < 4.78 is 1.86. The summed E-state index contributed by atoms with van der Waals surface area (Å²) in [6.07, 6.45) is 5.47. The highest BCUT2D eigenvalue weighted by atomic mass is 16.2. The van der Waals surface area contributed by atoms with Gasteiger partial charge in [0.1, 0.15) is 0 Å². The molecule has 0 bridgehead atoms. The summed E-state index contributed by atoms with van der Waals surface area (Å²) in [5.41, 5.74) is 5.01. The van der Waals surface area contributed by atoms with Gasteiger partial charge in [0, 0.05) is 36.5 Å². The van der Waals surface area contributed by atoms with E-state index < -0.39 is 0 Å². The second-order valence-electron chi connectivity index (χ2n) is 6.42. The molecule has 27 heavy (non-hydrogen) atoms. The lowest BCUT2D eigenvalue weighted by atomic mass is 10.1. The first-order valence-corrected chi connectivity index (χ1v) is 9.31. The minimum absolute atomic E-state index is 0.0160. The van der Waals surface area contributed by atoms with Crippen LogP contribution in [0.15, 0.2) is 66.9 Å². The number of amides is 1. The van der Waals surface area contributed by atoms with E-state index >= 15 is 0 Å². The van der Waals surface area contributed by atoms with E-state index in [4.69, 9.17) is 5.10 Å². The third-order valence-electron chi connectivity index (χ3n) is 4.57. The summed E-state index contributed by atoms with van der Waals surface area (Å²) in [4.78, 5) is 14.2. The van der Waals surface area contributed by atoms with E-state index in [2.05, 4.69) is 31.2 Å². The van der Waals surface area contributed by atoms with Gasteiger partial charge in [-0.15, -0.1) is 0 Å². The number of hydrogen-bond donors (Lipinski definition) is 0. The van der Waals surface area contributed by atoms with E-state index in [0.29, 0.717) is 13.1 Å². The number of para-hydroxylation sites is 1. The highest BCUT2D eigenvalue weighted by Crippen LogP contribution is 2.25. The van der Waals surface area contributed by atoms with Crippen LogP contribution in [0.2, 0.25) is 0 Å². The molecule has 0 aliphatic rings. The van der Waals surface area contributed by atoms with Crippen LogP contribution in [-0.2, 0) is 4.79 Å². The van der Waals surface area contributed by atoms with Crippen LogP contribution in [0.1, 0.15) is 25.0 Å². The molecule has 4 nitrogen and oxygen atoms in total. The average Bonchev–Trinajstić information content (AvgIpc) is 3.13. The number of nitrogens with zero attached hydrogens (tertiary/aromatic N) is 3. The van der Waals surface area contributed by atoms with Gasteiger partial charge >= 0.3 is 0 Å². The van der Waals surface area contributed by atoms with Crippen LogP contribution in [-0.4, -0.2) is 33.7 Å². The maximum absolute atomic E-state index is 12.4. The van der Waals surface area contributed by atoms with Crippen molar-refractivity contribution in [1.82, 2.24) is 14.7 Å². The molecular weight excluding hydrogens is 334 g/mol. The van der Waals surface area contributed by atoms with Crippen molar-refractivity contribution in [3.05, 3.63) is 78.0 Å². The van der Waals surface area contributed by atoms with Gasteiger partial charge in [0.25, 0.3) is 0 Å². The van der Waals surface area contributed by atoms with Crippen molar-refractivity contribution in [3.8, 4) is 16.9 Å². The molecule has 0 radical (unpaired) electrons. The second kappa shape index (κ2) is 8.49. The van der Waals surface area contributed by atoms with Crippen molar-refractivity contribution in [2.45, 2.75) is 20.8 Å². The Morgan fingerprint density at radius 2 is 1.70 bits per heavy atom. The van der Waals surface area contributed by atoms with Crippen molar-refractivity contribution in [1.29, 1.82) is 0 Å². The monoisotopic (exact) mass is 359 g/mol. The number of likely N-dealkylation sites (N-methyl/N-ethyl adjacent to an activating group) is 1. The lowest BCUT2D eigenvalue weighted by Crippen LogP contribution is -2.28. The molecule has 0 aliphatic carbocycles. The van der Waals surface area contributed by atoms with Gasteiger partial charge in [-0.05, 0) is 39.0 Å². The Kier molecular flexibility index (Phi) is 5.87. The van der Waals surface area contributed by atoms with Crippen LogP contribution in [0, 0.1) is 6.92 Å². The minimum Gasteiger partial charge on any atom is -0.340 e. The molecule has 0 aliphatic heterocycles. The topological polar surface area (TPSA) is 38.1 Å². The molecule has 0 spiro atoms. The lowest BCUT2D eigenvalue weighted by Gasteiger charge is -2.15. The fourth-order valence-electron chi connectivity index (χ4n) is 2.96. The molecule has 3 rings (SSSR count). The van der Waals surface area contributed by atoms with Crippen LogP contribution >= 0.6 is 0 Å². The molecule has 0 N–H and O–H groups in total. The van der Waals surface area contributed by atoms with Gasteiger partial charge in [-0.2, -0.15) is 5.10 Å².